The van der Waals surface area contributed by atoms with E-state index >= 15 is 0 Å². The summed E-state index contributed by atoms with van der Waals surface area (Å²) in [6.07, 6.45) is 2.46. The number of nitrogens with one attached hydrogen (secondary N) is 1. The molecule has 4 heteroatoms. The Labute approximate surface area is 112 Å². The second-order valence-corrected chi connectivity index (χ2v) is 5.25. The number of amides is 2. The number of likely N-dealkylation sites (N-methyl/N-ethyl adjacent to an activating group) is 1. The molecule has 100 valence electrons. The molecule has 0 spiro atoms. The lowest BCUT2D eigenvalue weighted by Gasteiger charge is -2.30. The van der Waals surface area contributed by atoms with E-state index in [1.165, 1.54) is 0 Å². The average Bonchev–Trinajstić information content (AvgIpc) is 3.23. The van der Waals surface area contributed by atoms with Gasteiger partial charge in [-0.05, 0) is 31.4 Å². The summed E-state index contributed by atoms with van der Waals surface area (Å²) >= 11 is 0. The normalized spacial score (nSPS) is 21.5. The number of carbonyl (C=O) groups excluding carboxylic acids is 2. The van der Waals surface area contributed by atoms with Crippen molar-refractivity contribution in [3.63, 3.8) is 0 Å². The van der Waals surface area contributed by atoms with Crippen LogP contribution in [0, 0.1) is 0 Å². The quantitative estimate of drug-likeness (QED) is 0.902. The molecule has 2 aliphatic rings. The number of anilines is 1. The fourth-order valence-corrected chi connectivity index (χ4v) is 2.81. The predicted molar refractivity (Wildman–Crippen MR) is 72.8 cm³/mol. The van der Waals surface area contributed by atoms with Crippen LogP contribution in [0.3, 0.4) is 0 Å². The van der Waals surface area contributed by atoms with Crippen LogP contribution in [0.15, 0.2) is 24.3 Å². The molecule has 0 aromatic heterocycles. The van der Waals surface area contributed by atoms with Crippen molar-refractivity contribution in [3.8, 4) is 0 Å². The van der Waals surface area contributed by atoms with Crippen LogP contribution in [0.5, 0.6) is 0 Å². The third-order valence-corrected chi connectivity index (χ3v) is 3.91. The zero-order valence-corrected chi connectivity index (χ0v) is 11.1. The smallest absolute Gasteiger partial charge is 0.230 e. The molecule has 0 radical (unpaired) electrons. The lowest BCUT2D eigenvalue weighted by molar-refractivity contribution is -0.135. The third-order valence-electron chi connectivity index (χ3n) is 3.91. The Morgan fingerprint density at radius 2 is 2.11 bits per heavy atom. The molecule has 19 heavy (non-hydrogen) atoms. The Balaban J connectivity index is 1.91. The summed E-state index contributed by atoms with van der Waals surface area (Å²) in [5, 5.41) is 2.84. The van der Waals surface area contributed by atoms with Gasteiger partial charge >= 0.3 is 0 Å². The minimum Gasteiger partial charge on any atom is -0.339 e. The maximum atomic E-state index is 12.7. The first-order valence-electron chi connectivity index (χ1n) is 6.90. The van der Waals surface area contributed by atoms with Gasteiger partial charge < -0.3 is 10.2 Å². The van der Waals surface area contributed by atoms with Gasteiger partial charge in [-0.1, -0.05) is 18.2 Å². The van der Waals surface area contributed by atoms with E-state index in [-0.39, 0.29) is 24.2 Å². The molecule has 1 aromatic rings. The van der Waals surface area contributed by atoms with Gasteiger partial charge in [-0.15, -0.1) is 0 Å². The Morgan fingerprint density at radius 1 is 1.37 bits per heavy atom. The highest BCUT2D eigenvalue weighted by Gasteiger charge is 2.38. The Kier molecular flexibility index (Phi) is 3.01. The first-order chi connectivity index (χ1) is 9.20. The number of nitrogens with zero attached hydrogens (tertiary/aromatic N) is 1. The van der Waals surface area contributed by atoms with Gasteiger partial charge in [-0.25, -0.2) is 0 Å². The molecule has 0 saturated heterocycles. The van der Waals surface area contributed by atoms with Crippen molar-refractivity contribution in [2.24, 2.45) is 0 Å². The Hall–Kier alpha value is -1.84. The number of hydrogen-bond donors (Lipinski definition) is 1. The van der Waals surface area contributed by atoms with Crippen molar-refractivity contribution in [2.45, 2.75) is 38.1 Å². The summed E-state index contributed by atoms with van der Waals surface area (Å²) < 4.78 is 0. The van der Waals surface area contributed by atoms with Crippen molar-refractivity contribution < 1.29 is 9.59 Å². The number of rotatable bonds is 3. The first-order valence-corrected chi connectivity index (χ1v) is 6.90. The summed E-state index contributed by atoms with van der Waals surface area (Å²) in [6, 6.07) is 8.00. The monoisotopic (exact) mass is 258 g/mol. The van der Waals surface area contributed by atoms with Gasteiger partial charge in [-0.2, -0.15) is 0 Å². The fourth-order valence-electron chi connectivity index (χ4n) is 2.81. The first kappa shape index (κ1) is 12.2. The lowest BCUT2D eigenvalue weighted by atomic mass is 9.89. The van der Waals surface area contributed by atoms with Crippen LogP contribution in [0.1, 0.15) is 37.7 Å². The molecule has 1 atom stereocenters. The van der Waals surface area contributed by atoms with Crippen molar-refractivity contribution in [1.82, 2.24) is 4.90 Å². The fraction of sp³-hybridized carbons (Fsp3) is 0.467. The van der Waals surface area contributed by atoms with Crippen LogP contribution in [0.2, 0.25) is 0 Å². The van der Waals surface area contributed by atoms with Gasteiger partial charge in [0.15, 0.2) is 0 Å². The highest BCUT2D eigenvalue weighted by atomic mass is 16.2. The molecular formula is C15H18N2O2. The van der Waals surface area contributed by atoms with Crippen LogP contribution >= 0.6 is 0 Å². The van der Waals surface area contributed by atoms with Gasteiger partial charge in [0, 0.05) is 24.7 Å². The molecule has 1 aliphatic heterocycles. The molecule has 1 N–H and O–H groups in total. The van der Waals surface area contributed by atoms with Gasteiger partial charge in [0.25, 0.3) is 0 Å². The third kappa shape index (κ3) is 2.23. The van der Waals surface area contributed by atoms with Crippen LogP contribution in [-0.2, 0) is 9.59 Å². The summed E-state index contributed by atoms with van der Waals surface area (Å²) in [4.78, 5) is 26.4. The zero-order chi connectivity index (χ0) is 13.4. The minimum atomic E-state index is -0.314. The molecule has 4 nitrogen and oxygen atoms in total. The molecule has 2 amide bonds. The minimum absolute atomic E-state index is 0.0658. The predicted octanol–water partition coefficient (Wildman–Crippen LogP) is 2.12. The molecule has 0 bridgehead atoms. The summed E-state index contributed by atoms with van der Waals surface area (Å²) in [5.74, 6) is -0.276. The van der Waals surface area contributed by atoms with E-state index in [0.29, 0.717) is 6.04 Å². The molecule has 1 fully saturated rings. The second kappa shape index (κ2) is 4.68. The molecule has 1 saturated carbocycles. The number of fused-ring (bicyclic) bond motifs is 1. The van der Waals surface area contributed by atoms with E-state index in [9.17, 15) is 9.59 Å². The molecule has 1 heterocycles. The maximum Gasteiger partial charge on any atom is 0.230 e. The van der Waals surface area contributed by atoms with Crippen LogP contribution in [0.25, 0.3) is 0 Å². The van der Waals surface area contributed by atoms with E-state index in [1.807, 2.05) is 36.1 Å². The summed E-state index contributed by atoms with van der Waals surface area (Å²) in [7, 11) is 0. The largest absolute Gasteiger partial charge is 0.339 e. The maximum absolute atomic E-state index is 12.7. The van der Waals surface area contributed by atoms with Gasteiger partial charge in [0.05, 0.1) is 5.92 Å². The second-order valence-electron chi connectivity index (χ2n) is 5.25. The van der Waals surface area contributed by atoms with Gasteiger partial charge in [-0.3, -0.25) is 9.59 Å². The van der Waals surface area contributed by atoms with E-state index < -0.39 is 0 Å². The molecular weight excluding hydrogens is 240 g/mol. The van der Waals surface area contributed by atoms with Gasteiger partial charge in [0.2, 0.25) is 11.8 Å². The number of benzene rings is 1. The van der Waals surface area contributed by atoms with E-state index in [4.69, 9.17) is 0 Å². The highest BCUT2D eigenvalue weighted by Crippen LogP contribution is 2.36. The number of carbonyl (C=O) groups is 2. The highest BCUT2D eigenvalue weighted by molar-refractivity contribution is 6.01. The standard InChI is InChI=1S/C15H18N2O2/c1-2-17(10-7-8-10)15(19)12-9-14(18)16-13-6-4-3-5-11(12)13/h3-6,10,12H,2,7-9H2,1H3,(H,16,18). The zero-order valence-electron chi connectivity index (χ0n) is 11.1. The van der Waals surface area contributed by atoms with Gasteiger partial charge in [0.1, 0.15) is 0 Å². The van der Waals surface area contributed by atoms with Crippen LogP contribution in [-0.4, -0.2) is 29.3 Å². The number of hydrogen-bond acceptors (Lipinski definition) is 2. The van der Waals surface area contributed by atoms with E-state index in [1.54, 1.807) is 0 Å². The summed E-state index contributed by atoms with van der Waals surface area (Å²) in [6.45, 7) is 2.73. The lowest BCUT2D eigenvalue weighted by Crippen LogP contribution is -2.39. The molecule has 1 unspecified atom stereocenters. The Bertz CT molecular complexity index is 523. The van der Waals surface area contributed by atoms with E-state index in [2.05, 4.69) is 5.32 Å². The van der Waals surface area contributed by atoms with Crippen LogP contribution < -0.4 is 5.32 Å². The molecule has 1 aromatic carbocycles. The molecule has 1 aliphatic carbocycles. The Morgan fingerprint density at radius 3 is 2.79 bits per heavy atom. The van der Waals surface area contributed by atoms with Crippen molar-refractivity contribution in [1.29, 1.82) is 0 Å². The van der Waals surface area contributed by atoms with Crippen molar-refractivity contribution in [3.05, 3.63) is 29.8 Å². The van der Waals surface area contributed by atoms with Crippen molar-refractivity contribution in [2.75, 3.05) is 11.9 Å². The molecule has 3 rings (SSSR count). The number of para-hydroxylation sites is 1. The average molecular weight is 258 g/mol. The topological polar surface area (TPSA) is 49.4 Å². The van der Waals surface area contributed by atoms with Crippen molar-refractivity contribution >= 4 is 17.5 Å². The SMILES string of the molecule is CCN(C(=O)C1CC(=O)Nc2ccccc21)C1CC1. The van der Waals surface area contributed by atoms with Crippen LogP contribution in [0.4, 0.5) is 5.69 Å². The van der Waals surface area contributed by atoms with E-state index in [0.717, 1.165) is 30.6 Å². The summed E-state index contributed by atoms with van der Waals surface area (Å²) in [5.41, 5.74) is 1.73.